The molecule has 5 rings (SSSR count). The second-order valence-corrected chi connectivity index (χ2v) is 9.52. The minimum Gasteiger partial charge on any atom is -0.507 e. The summed E-state index contributed by atoms with van der Waals surface area (Å²) >= 11 is 0. The van der Waals surface area contributed by atoms with Crippen molar-refractivity contribution in [1.29, 1.82) is 0 Å². The summed E-state index contributed by atoms with van der Waals surface area (Å²) in [5, 5.41) is 16.2. The molecule has 5 heteroatoms. The van der Waals surface area contributed by atoms with Gasteiger partial charge in [0.05, 0.1) is 6.21 Å². The third kappa shape index (κ3) is 5.81. The van der Waals surface area contributed by atoms with Gasteiger partial charge in [-0.15, -0.1) is 0 Å². The molecule has 1 amide bonds. The number of rotatable bonds is 7. The SMILES string of the molecule is O=C(N/N=C\c1c(O)ccc2ccccc12)c1ccc(CN2CCC(Cc3ccccc3)CC2)cc1. The molecule has 36 heavy (non-hydrogen) atoms. The first kappa shape index (κ1) is 23.8. The molecule has 1 aliphatic heterocycles. The van der Waals surface area contributed by atoms with Crippen LogP contribution in [0.2, 0.25) is 0 Å². The molecule has 0 bridgehead atoms. The predicted octanol–water partition coefficient (Wildman–Crippen LogP) is 5.76. The van der Waals surface area contributed by atoms with Gasteiger partial charge in [0.2, 0.25) is 0 Å². The molecule has 0 aliphatic carbocycles. The van der Waals surface area contributed by atoms with Crippen LogP contribution in [0.15, 0.2) is 96.1 Å². The number of fused-ring (bicyclic) bond motifs is 1. The van der Waals surface area contributed by atoms with Crippen molar-refractivity contribution in [3.05, 3.63) is 113 Å². The number of nitrogens with one attached hydrogen (secondary N) is 1. The number of carbonyl (C=O) groups is 1. The Morgan fingerprint density at radius 3 is 2.39 bits per heavy atom. The average molecular weight is 478 g/mol. The van der Waals surface area contributed by atoms with Crippen molar-refractivity contribution in [1.82, 2.24) is 10.3 Å². The summed E-state index contributed by atoms with van der Waals surface area (Å²) in [7, 11) is 0. The number of phenolic OH excluding ortho intramolecular Hbond substituents is 1. The first-order valence-corrected chi connectivity index (χ1v) is 12.5. The van der Waals surface area contributed by atoms with Crippen LogP contribution in [0.25, 0.3) is 10.8 Å². The molecule has 2 N–H and O–H groups in total. The minimum absolute atomic E-state index is 0.125. The normalized spacial score (nSPS) is 14.9. The largest absolute Gasteiger partial charge is 0.507 e. The summed E-state index contributed by atoms with van der Waals surface area (Å²) in [4.78, 5) is 15.1. The maximum atomic E-state index is 12.6. The van der Waals surface area contributed by atoms with E-state index in [9.17, 15) is 9.90 Å². The van der Waals surface area contributed by atoms with Crippen molar-refractivity contribution in [2.75, 3.05) is 13.1 Å². The first-order chi connectivity index (χ1) is 17.7. The molecule has 0 spiro atoms. The van der Waals surface area contributed by atoms with Crippen molar-refractivity contribution in [2.45, 2.75) is 25.8 Å². The number of carbonyl (C=O) groups excluding carboxylic acids is 1. The van der Waals surface area contributed by atoms with Gasteiger partial charge in [0, 0.05) is 17.7 Å². The zero-order chi connectivity index (χ0) is 24.7. The zero-order valence-electron chi connectivity index (χ0n) is 20.3. The molecular formula is C31H31N3O2. The predicted molar refractivity (Wildman–Crippen MR) is 145 cm³/mol. The first-order valence-electron chi connectivity index (χ1n) is 12.5. The maximum Gasteiger partial charge on any atom is 0.271 e. The molecule has 0 saturated carbocycles. The lowest BCUT2D eigenvalue weighted by Gasteiger charge is -2.32. The summed E-state index contributed by atoms with van der Waals surface area (Å²) in [6, 6.07) is 29.7. The number of likely N-dealkylation sites (tertiary alicyclic amines) is 1. The van der Waals surface area contributed by atoms with Crippen LogP contribution in [0.4, 0.5) is 0 Å². The van der Waals surface area contributed by atoms with Crippen LogP contribution in [-0.4, -0.2) is 35.2 Å². The second-order valence-electron chi connectivity index (χ2n) is 9.52. The number of hydrogen-bond acceptors (Lipinski definition) is 4. The van der Waals surface area contributed by atoms with E-state index in [1.165, 1.54) is 36.6 Å². The van der Waals surface area contributed by atoms with Gasteiger partial charge in [-0.1, -0.05) is 72.8 Å². The molecule has 1 fully saturated rings. The third-order valence-electron chi connectivity index (χ3n) is 7.00. The van der Waals surface area contributed by atoms with E-state index in [0.29, 0.717) is 11.1 Å². The topological polar surface area (TPSA) is 64.9 Å². The van der Waals surface area contributed by atoms with Crippen LogP contribution in [-0.2, 0) is 13.0 Å². The average Bonchev–Trinajstić information content (AvgIpc) is 2.92. The third-order valence-corrected chi connectivity index (χ3v) is 7.00. The van der Waals surface area contributed by atoms with Crippen LogP contribution < -0.4 is 5.43 Å². The van der Waals surface area contributed by atoms with Gasteiger partial charge >= 0.3 is 0 Å². The molecular weight excluding hydrogens is 446 g/mol. The number of hydrogen-bond donors (Lipinski definition) is 2. The Balaban J connectivity index is 1.12. The Kier molecular flexibility index (Phi) is 7.39. The number of aromatic hydroxyl groups is 1. The number of hydrazone groups is 1. The van der Waals surface area contributed by atoms with Crippen molar-refractivity contribution in [2.24, 2.45) is 11.0 Å². The lowest BCUT2D eigenvalue weighted by molar-refractivity contribution is 0.0955. The van der Waals surface area contributed by atoms with E-state index < -0.39 is 0 Å². The van der Waals surface area contributed by atoms with Crippen LogP contribution >= 0.6 is 0 Å². The van der Waals surface area contributed by atoms with Crippen LogP contribution in [0.1, 0.15) is 39.9 Å². The number of nitrogens with zero attached hydrogens (tertiary/aromatic N) is 2. The Labute approximate surface area is 212 Å². The molecule has 4 aromatic carbocycles. The number of piperidine rings is 1. The Hall–Kier alpha value is -3.96. The fourth-order valence-electron chi connectivity index (χ4n) is 4.96. The van der Waals surface area contributed by atoms with Crippen LogP contribution in [0.3, 0.4) is 0 Å². The molecule has 182 valence electrons. The van der Waals surface area contributed by atoms with E-state index in [-0.39, 0.29) is 11.7 Å². The summed E-state index contributed by atoms with van der Waals surface area (Å²) in [6.45, 7) is 3.11. The van der Waals surface area contributed by atoms with E-state index >= 15 is 0 Å². The molecule has 0 unspecified atom stereocenters. The standard InChI is InChI=1S/C31H31N3O2/c35-30-15-14-26-8-4-5-9-28(26)29(30)21-32-33-31(36)27-12-10-25(11-13-27)22-34-18-16-24(17-19-34)20-23-6-2-1-3-7-23/h1-15,21,24,35H,16-20,22H2,(H,33,36)/b32-21-. The van der Waals surface area contributed by atoms with Gasteiger partial charge in [-0.3, -0.25) is 9.69 Å². The van der Waals surface area contributed by atoms with E-state index in [1.54, 1.807) is 6.07 Å². The Morgan fingerprint density at radius 2 is 1.61 bits per heavy atom. The highest BCUT2D eigenvalue weighted by molar-refractivity contribution is 6.03. The van der Waals surface area contributed by atoms with E-state index in [4.69, 9.17) is 0 Å². The lowest BCUT2D eigenvalue weighted by atomic mass is 9.90. The van der Waals surface area contributed by atoms with Gasteiger partial charge in [0.15, 0.2) is 0 Å². The quantitative estimate of drug-likeness (QED) is 0.263. The van der Waals surface area contributed by atoms with Crippen molar-refractivity contribution < 1.29 is 9.90 Å². The molecule has 4 aromatic rings. The smallest absolute Gasteiger partial charge is 0.271 e. The lowest BCUT2D eigenvalue weighted by Crippen LogP contribution is -2.33. The van der Waals surface area contributed by atoms with E-state index in [2.05, 4.69) is 45.8 Å². The number of amides is 1. The van der Waals surface area contributed by atoms with E-state index in [0.717, 1.165) is 36.3 Å². The fraction of sp³-hybridized carbons (Fsp3) is 0.226. The monoisotopic (exact) mass is 477 g/mol. The molecule has 1 heterocycles. The van der Waals surface area contributed by atoms with Gasteiger partial charge in [0.25, 0.3) is 5.91 Å². The van der Waals surface area contributed by atoms with Crippen molar-refractivity contribution in [3.8, 4) is 5.75 Å². The summed E-state index contributed by atoms with van der Waals surface area (Å²) < 4.78 is 0. The highest BCUT2D eigenvalue weighted by atomic mass is 16.3. The Morgan fingerprint density at radius 1 is 0.889 bits per heavy atom. The van der Waals surface area contributed by atoms with Gasteiger partial charge in [-0.05, 0) is 78.4 Å². The maximum absolute atomic E-state index is 12.6. The number of benzene rings is 4. The van der Waals surface area contributed by atoms with E-state index in [1.807, 2.05) is 54.6 Å². The van der Waals surface area contributed by atoms with Crippen LogP contribution in [0, 0.1) is 5.92 Å². The van der Waals surface area contributed by atoms with Crippen molar-refractivity contribution in [3.63, 3.8) is 0 Å². The fourth-order valence-corrected chi connectivity index (χ4v) is 4.96. The Bertz CT molecular complexity index is 1340. The summed E-state index contributed by atoms with van der Waals surface area (Å²) in [6.07, 6.45) is 5.10. The highest BCUT2D eigenvalue weighted by Crippen LogP contribution is 2.25. The summed E-state index contributed by atoms with van der Waals surface area (Å²) in [5.74, 6) is 0.602. The molecule has 0 aromatic heterocycles. The highest BCUT2D eigenvalue weighted by Gasteiger charge is 2.19. The summed E-state index contributed by atoms with van der Waals surface area (Å²) in [5.41, 5.74) is 6.35. The van der Waals surface area contributed by atoms with Gasteiger partial charge in [-0.2, -0.15) is 5.10 Å². The van der Waals surface area contributed by atoms with Crippen LogP contribution in [0.5, 0.6) is 5.75 Å². The molecule has 1 saturated heterocycles. The molecule has 0 atom stereocenters. The second kappa shape index (κ2) is 11.2. The van der Waals surface area contributed by atoms with Gasteiger partial charge in [-0.25, -0.2) is 5.43 Å². The zero-order valence-corrected chi connectivity index (χ0v) is 20.3. The molecule has 0 radical (unpaired) electrons. The van der Waals surface area contributed by atoms with Crippen molar-refractivity contribution >= 4 is 22.9 Å². The molecule has 5 nitrogen and oxygen atoms in total. The van der Waals surface area contributed by atoms with Gasteiger partial charge in [0.1, 0.15) is 5.75 Å². The number of phenols is 1. The van der Waals surface area contributed by atoms with Gasteiger partial charge < -0.3 is 5.11 Å². The molecule has 1 aliphatic rings. The minimum atomic E-state index is -0.278.